The highest BCUT2D eigenvalue weighted by Crippen LogP contribution is 2.36. The highest BCUT2D eigenvalue weighted by Gasteiger charge is 2.38. The number of rotatable bonds is 4. The van der Waals surface area contributed by atoms with Gasteiger partial charge in [-0.1, -0.05) is 54.8 Å². The van der Waals surface area contributed by atoms with Gasteiger partial charge in [-0.3, -0.25) is 19.5 Å². The van der Waals surface area contributed by atoms with Gasteiger partial charge in [0, 0.05) is 16.1 Å². The van der Waals surface area contributed by atoms with Gasteiger partial charge >= 0.3 is 5.97 Å². The maximum absolute atomic E-state index is 13.4. The minimum atomic E-state index is -1.05. The van der Waals surface area contributed by atoms with Crippen molar-refractivity contribution in [3.05, 3.63) is 64.7 Å². The standard InChI is InChI=1S/C22H21ClN2O3/c23-16-10-11-18-17(12-16)20(14-6-2-1-3-7-14)24-21(15-8-4-5-9-15)22(28)25(18)13-19(26)27/h1-3,6-7,10-12,15,21H,4-5,8-9,13H2,(H,26,27). The summed E-state index contributed by atoms with van der Waals surface area (Å²) in [5.41, 5.74) is 2.81. The summed E-state index contributed by atoms with van der Waals surface area (Å²) in [6, 6.07) is 14.3. The minimum absolute atomic E-state index is 0.132. The lowest BCUT2D eigenvalue weighted by molar-refractivity contribution is -0.136. The quantitative estimate of drug-likeness (QED) is 0.843. The molecule has 1 amide bonds. The second-order valence-corrected chi connectivity index (χ2v) is 7.75. The van der Waals surface area contributed by atoms with Crippen LogP contribution >= 0.6 is 11.6 Å². The molecule has 1 fully saturated rings. The van der Waals surface area contributed by atoms with Crippen LogP contribution in [0.15, 0.2) is 53.5 Å². The fraction of sp³-hybridized carbons (Fsp3) is 0.318. The number of aliphatic imine (C=N–C) groups is 1. The molecule has 4 rings (SSSR count). The van der Waals surface area contributed by atoms with E-state index < -0.39 is 18.6 Å². The molecular formula is C22H21ClN2O3. The smallest absolute Gasteiger partial charge is 0.323 e. The summed E-state index contributed by atoms with van der Waals surface area (Å²) in [5.74, 6) is -1.17. The molecule has 2 aliphatic rings. The van der Waals surface area contributed by atoms with Crippen molar-refractivity contribution in [1.82, 2.24) is 0 Å². The van der Waals surface area contributed by atoms with Crippen molar-refractivity contribution in [2.45, 2.75) is 31.7 Å². The second kappa shape index (κ2) is 7.76. The number of nitrogens with zero attached hydrogens (tertiary/aromatic N) is 2. The molecule has 144 valence electrons. The number of anilines is 1. The van der Waals surface area contributed by atoms with Gasteiger partial charge in [0.1, 0.15) is 12.6 Å². The highest BCUT2D eigenvalue weighted by molar-refractivity contribution is 6.32. The first-order valence-electron chi connectivity index (χ1n) is 9.51. The van der Waals surface area contributed by atoms with Crippen LogP contribution in [0.2, 0.25) is 5.02 Å². The van der Waals surface area contributed by atoms with Crippen LogP contribution in [0.25, 0.3) is 0 Å². The van der Waals surface area contributed by atoms with Gasteiger partial charge in [0.15, 0.2) is 0 Å². The molecule has 0 aromatic heterocycles. The molecule has 1 aliphatic heterocycles. The van der Waals surface area contributed by atoms with E-state index in [-0.39, 0.29) is 11.8 Å². The topological polar surface area (TPSA) is 70.0 Å². The fourth-order valence-corrected chi connectivity index (χ4v) is 4.35. The Morgan fingerprint density at radius 3 is 2.54 bits per heavy atom. The summed E-state index contributed by atoms with van der Waals surface area (Å²) in [4.78, 5) is 31.2. The van der Waals surface area contributed by atoms with E-state index in [0.29, 0.717) is 22.0 Å². The monoisotopic (exact) mass is 396 g/mol. The van der Waals surface area contributed by atoms with E-state index in [1.165, 1.54) is 4.90 Å². The Kier molecular flexibility index (Phi) is 5.18. The van der Waals surface area contributed by atoms with Gasteiger partial charge in [-0.15, -0.1) is 0 Å². The molecule has 28 heavy (non-hydrogen) atoms. The van der Waals surface area contributed by atoms with E-state index in [1.807, 2.05) is 30.3 Å². The zero-order valence-electron chi connectivity index (χ0n) is 15.3. The fourth-order valence-electron chi connectivity index (χ4n) is 4.18. The normalized spacial score (nSPS) is 19.9. The third-order valence-corrected chi connectivity index (χ3v) is 5.71. The van der Waals surface area contributed by atoms with Gasteiger partial charge < -0.3 is 5.11 Å². The van der Waals surface area contributed by atoms with Crippen molar-refractivity contribution >= 4 is 34.9 Å². The van der Waals surface area contributed by atoms with Crippen LogP contribution in [0.5, 0.6) is 0 Å². The molecular weight excluding hydrogens is 376 g/mol. The Morgan fingerprint density at radius 2 is 1.86 bits per heavy atom. The van der Waals surface area contributed by atoms with E-state index in [9.17, 15) is 14.7 Å². The van der Waals surface area contributed by atoms with Crippen LogP contribution in [0.3, 0.4) is 0 Å². The Hall–Kier alpha value is -2.66. The number of carbonyl (C=O) groups is 2. The number of amides is 1. The third-order valence-electron chi connectivity index (χ3n) is 5.48. The number of halogens is 1. The summed E-state index contributed by atoms with van der Waals surface area (Å²) < 4.78 is 0. The molecule has 0 bridgehead atoms. The first kappa shape index (κ1) is 18.7. The minimum Gasteiger partial charge on any atom is -0.480 e. The maximum atomic E-state index is 13.4. The first-order valence-corrected chi connectivity index (χ1v) is 9.88. The van der Waals surface area contributed by atoms with Crippen LogP contribution in [0.4, 0.5) is 5.69 Å². The summed E-state index contributed by atoms with van der Waals surface area (Å²) >= 11 is 6.26. The Balaban J connectivity index is 1.93. The number of fused-ring (bicyclic) bond motifs is 1. The van der Waals surface area contributed by atoms with Gasteiger partial charge in [0.25, 0.3) is 5.91 Å². The first-order chi connectivity index (χ1) is 13.5. The molecule has 0 radical (unpaired) electrons. The molecule has 1 N–H and O–H groups in total. The van der Waals surface area contributed by atoms with Crippen molar-refractivity contribution in [1.29, 1.82) is 0 Å². The molecule has 0 spiro atoms. The van der Waals surface area contributed by atoms with Crippen LogP contribution in [0, 0.1) is 5.92 Å². The van der Waals surface area contributed by atoms with E-state index in [1.54, 1.807) is 18.2 Å². The molecule has 1 atom stereocenters. The Bertz CT molecular complexity index is 936. The maximum Gasteiger partial charge on any atom is 0.323 e. The van der Waals surface area contributed by atoms with Crippen LogP contribution in [-0.2, 0) is 9.59 Å². The molecule has 5 nitrogen and oxygen atoms in total. The predicted octanol–water partition coefficient (Wildman–Crippen LogP) is 4.17. The Morgan fingerprint density at radius 1 is 1.14 bits per heavy atom. The zero-order chi connectivity index (χ0) is 19.7. The van der Waals surface area contributed by atoms with Gasteiger partial charge in [-0.25, -0.2) is 0 Å². The number of hydrogen-bond donors (Lipinski definition) is 1. The molecule has 6 heteroatoms. The largest absolute Gasteiger partial charge is 0.480 e. The van der Waals surface area contributed by atoms with Gasteiger partial charge in [0.05, 0.1) is 11.4 Å². The number of benzene rings is 2. The molecule has 2 aromatic carbocycles. The zero-order valence-corrected chi connectivity index (χ0v) is 16.1. The summed E-state index contributed by atoms with van der Waals surface area (Å²) in [7, 11) is 0. The molecule has 0 saturated heterocycles. The average Bonchev–Trinajstić information content (AvgIpc) is 3.18. The van der Waals surface area contributed by atoms with Crippen LogP contribution < -0.4 is 4.90 Å². The number of benzodiazepines with no additional fused rings is 1. The lowest BCUT2D eigenvalue weighted by atomic mass is 9.97. The highest BCUT2D eigenvalue weighted by atomic mass is 35.5. The van der Waals surface area contributed by atoms with Crippen molar-refractivity contribution in [2.75, 3.05) is 11.4 Å². The lowest BCUT2D eigenvalue weighted by Gasteiger charge is -2.25. The van der Waals surface area contributed by atoms with Crippen LogP contribution in [-0.4, -0.2) is 35.3 Å². The van der Waals surface area contributed by atoms with Crippen molar-refractivity contribution in [3.8, 4) is 0 Å². The van der Waals surface area contributed by atoms with E-state index >= 15 is 0 Å². The molecule has 1 heterocycles. The second-order valence-electron chi connectivity index (χ2n) is 7.31. The number of carbonyl (C=O) groups excluding carboxylic acids is 1. The predicted molar refractivity (Wildman–Crippen MR) is 109 cm³/mol. The van der Waals surface area contributed by atoms with E-state index in [2.05, 4.69) is 0 Å². The summed E-state index contributed by atoms with van der Waals surface area (Å²) in [6.07, 6.45) is 4.00. The van der Waals surface area contributed by atoms with E-state index in [0.717, 1.165) is 31.2 Å². The SMILES string of the molecule is O=C(O)CN1C(=O)C(C2CCCC2)N=C(c2ccccc2)c2cc(Cl)ccc21. The van der Waals surface area contributed by atoms with Crippen molar-refractivity contribution in [3.63, 3.8) is 0 Å². The van der Waals surface area contributed by atoms with Gasteiger partial charge in [-0.05, 0) is 37.0 Å². The summed E-state index contributed by atoms with van der Waals surface area (Å²) in [6.45, 7) is -0.395. The van der Waals surface area contributed by atoms with Crippen molar-refractivity contribution in [2.24, 2.45) is 10.9 Å². The third kappa shape index (κ3) is 3.54. The number of aliphatic carboxylic acids is 1. The van der Waals surface area contributed by atoms with Crippen molar-refractivity contribution < 1.29 is 14.7 Å². The molecule has 2 aromatic rings. The molecule has 1 aliphatic carbocycles. The number of hydrogen-bond acceptors (Lipinski definition) is 3. The van der Waals surface area contributed by atoms with Crippen LogP contribution in [0.1, 0.15) is 36.8 Å². The molecule has 1 unspecified atom stereocenters. The summed E-state index contributed by atoms with van der Waals surface area (Å²) in [5, 5.41) is 9.95. The average molecular weight is 397 g/mol. The molecule has 1 saturated carbocycles. The number of carboxylic acid groups (broad SMARTS) is 1. The van der Waals surface area contributed by atoms with E-state index in [4.69, 9.17) is 16.6 Å². The van der Waals surface area contributed by atoms with Gasteiger partial charge in [0.2, 0.25) is 0 Å². The lowest BCUT2D eigenvalue weighted by Crippen LogP contribution is -2.43. The van der Waals surface area contributed by atoms with Gasteiger partial charge in [-0.2, -0.15) is 0 Å². The Labute approximate surface area is 168 Å². The number of carboxylic acids is 1.